The fraction of sp³-hybridized carbons (Fsp3) is 0. The summed E-state index contributed by atoms with van der Waals surface area (Å²) in [6.07, 6.45) is 10.7. The zero-order chi connectivity index (χ0) is 15.5. The largest absolute Gasteiger partial charge is 0.508 e. The summed E-state index contributed by atoms with van der Waals surface area (Å²) in [6.45, 7) is 13.9. The molecule has 20 heavy (non-hydrogen) atoms. The van der Waals surface area contributed by atoms with E-state index in [1.807, 2.05) is 0 Å². The number of aliphatic hydroxyl groups is 2. The van der Waals surface area contributed by atoms with Gasteiger partial charge >= 0.3 is 0 Å². The molecule has 0 aromatic rings. The van der Waals surface area contributed by atoms with Crippen LogP contribution in [0.4, 0.5) is 0 Å². The first-order chi connectivity index (χ1) is 9.51. The first-order valence-electron chi connectivity index (χ1n) is 5.77. The lowest BCUT2D eigenvalue weighted by Crippen LogP contribution is -2.07. The Bertz CT molecular complexity index is 541. The number of ketones is 1. The molecule has 0 radical (unpaired) electrons. The van der Waals surface area contributed by atoms with E-state index in [1.165, 1.54) is 48.6 Å². The maximum Gasteiger partial charge on any atom is 0.196 e. The molecule has 0 rings (SSSR count). The number of aliphatic hydroxyl groups excluding tert-OH is 2. The first kappa shape index (κ1) is 17.2. The van der Waals surface area contributed by atoms with Gasteiger partial charge in [-0.15, -0.1) is 0 Å². The number of carbonyl (C=O) groups is 1. The van der Waals surface area contributed by atoms with E-state index in [-0.39, 0.29) is 22.7 Å². The molecule has 104 valence electrons. The molecule has 0 amide bonds. The van der Waals surface area contributed by atoms with Crippen molar-refractivity contribution in [2.75, 3.05) is 0 Å². The summed E-state index contributed by atoms with van der Waals surface area (Å²) in [5, 5.41) is 19.1. The van der Waals surface area contributed by atoms with E-state index in [1.54, 1.807) is 0 Å². The topological polar surface area (TPSA) is 57.5 Å². The quantitative estimate of drug-likeness (QED) is 0.397. The van der Waals surface area contributed by atoms with E-state index in [0.29, 0.717) is 0 Å². The van der Waals surface area contributed by atoms with Crippen molar-refractivity contribution >= 4 is 5.78 Å². The van der Waals surface area contributed by atoms with Gasteiger partial charge in [0.25, 0.3) is 0 Å². The number of rotatable bonds is 8. The van der Waals surface area contributed by atoms with Gasteiger partial charge in [0.2, 0.25) is 0 Å². The summed E-state index contributed by atoms with van der Waals surface area (Å²) in [7, 11) is 0. The average Bonchev–Trinajstić information content (AvgIpc) is 2.44. The fourth-order valence-electron chi connectivity index (χ4n) is 1.23. The van der Waals surface area contributed by atoms with Gasteiger partial charge in [0.15, 0.2) is 5.78 Å². The third-order valence-electron chi connectivity index (χ3n) is 2.21. The molecule has 3 heteroatoms. The molecule has 0 saturated carbocycles. The summed E-state index contributed by atoms with van der Waals surface area (Å²) >= 11 is 0. The summed E-state index contributed by atoms with van der Waals surface area (Å²) in [6, 6.07) is 0. The second-order valence-electron chi connectivity index (χ2n) is 3.55. The van der Waals surface area contributed by atoms with E-state index in [4.69, 9.17) is 0 Å². The molecular formula is C17H18O3. The monoisotopic (exact) mass is 270 g/mol. The SMILES string of the molecule is C=C/C=C(O)\C(=C/C=C)C(=O)/C(C=C)=C/C=C(/O)C=C. The Morgan fingerprint density at radius 2 is 1.40 bits per heavy atom. The van der Waals surface area contributed by atoms with Gasteiger partial charge in [-0.25, -0.2) is 0 Å². The molecule has 0 aromatic carbocycles. The van der Waals surface area contributed by atoms with Crippen LogP contribution in [0.2, 0.25) is 0 Å². The third kappa shape index (κ3) is 5.23. The van der Waals surface area contributed by atoms with Gasteiger partial charge in [-0.1, -0.05) is 44.5 Å². The van der Waals surface area contributed by atoms with E-state index < -0.39 is 5.78 Å². The average molecular weight is 270 g/mol. The number of hydrogen-bond acceptors (Lipinski definition) is 3. The highest BCUT2D eigenvalue weighted by molar-refractivity contribution is 6.12. The highest BCUT2D eigenvalue weighted by Crippen LogP contribution is 2.15. The molecule has 0 aromatic heterocycles. The van der Waals surface area contributed by atoms with Gasteiger partial charge in [-0.3, -0.25) is 4.79 Å². The van der Waals surface area contributed by atoms with Crippen molar-refractivity contribution < 1.29 is 15.0 Å². The molecule has 0 aliphatic rings. The minimum absolute atomic E-state index is 0.0533. The standard InChI is InChI=1S/C17H18O3/c1-5-9-15(16(19)10-6-2)17(20)13(7-3)11-12-14(18)8-4/h5-12,18-19H,1-4H2/b13-11+,14-12+,15-9+,16-10+. The van der Waals surface area contributed by atoms with E-state index in [2.05, 4.69) is 26.3 Å². The van der Waals surface area contributed by atoms with Crippen LogP contribution in [0.25, 0.3) is 0 Å². The Kier molecular flexibility index (Phi) is 7.88. The van der Waals surface area contributed by atoms with Gasteiger partial charge in [0, 0.05) is 5.57 Å². The number of Topliss-reactive ketones (excluding diaryl/α,β-unsaturated/α-hetero) is 1. The predicted octanol–water partition coefficient (Wildman–Crippen LogP) is 4.04. The number of carbonyl (C=O) groups excluding carboxylic acids is 1. The molecule has 0 atom stereocenters. The van der Waals surface area contributed by atoms with Crippen LogP contribution in [-0.4, -0.2) is 16.0 Å². The minimum atomic E-state index is -0.455. The lowest BCUT2D eigenvalue weighted by Gasteiger charge is -2.05. The Hall–Kier alpha value is -2.81. The van der Waals surface area contributed by atoms with Gasteiger partial charge in [-0.05, 0) is 30.4 Å². The molecule has 0 aliphatic carbocycles. The van der Waals surface area contributed by atoms with Gasteiger partial charge in [0.1, 0.15) is 11.5 Å². The smallest absolute Gasteiger partial charge is 0.196 e. The maximum atomic E-state index is 12.3. The van der Waals surface area contributed by atoms with Gasteiger partial charge in [0.05, 0.1) is 5.57 Å². The maximum absolute atomic E-state index is 12.3. The summed E-state index contributed by atoms with van der Waals surface area (Å²) < 4.78 is 0. The third-order valence-corrected chi connectivity index (χ3v) is 2.21. The lowest BCUT2D eigenvalue weighted by molar-refractivity contribution is -0.111. The normalized spacial score (nSPS) is 13.6. The Morgan fingerprint density at radius 1 is 0.800 bits per heavy atom. The Labute approximate surface area is 119 Å². The molecule has 0 bridgehead atoms. The summed E-state index contributed by atoms with van der Waals surface area (Å²) in [5.41, 5.74) is 0.257. The zero-order valence-electron chi connectivity index (χ0n) is 11.2. The Balaban J connectivity index is 5.66. The van der Waals surface area contributed by atoms with Crippen molar-refractivity contribution in [2.45, 2.75) is 0 Å². The zero-order valence-corrected chi connectivity index (χ0v) is 11.2. The van der Waals surface area contributed by atoms with Crippen LogP contribution in [0, 0.1) is 0 Å². The van der Waals surface area contributed by atoms with Crippen LogP contribution in [-0.2, 0) is 4.79 Å². The van der Waals surface area contributed by atoms with Crippen molar-refractivity contribution in [2.24, 2.45) is 0 Å². The molecule has 0 heterocycles. The summed E-state index contributed by atoms with van der Waals surface area (Å²) in [4.78, 5) is 12.3. The highest BCUT2D eigenvalue weighted by atomic mass is 16.3. The van der Waals surface area contributed by atoms with Crippen molar-refractivity contribution in [3.05, 3.63) is 97.6 Å². The van der Waals surface area contributed by atoms with Crippen LogP contribution in [0.15, 0.2) is 97.6 Å². The van der Waals surface area contributed by atoms with E-state index >= 15 is 0 Å². The van der Waals surface area contributed by atoms with Gasteiger partial charge in [-0.2, -0.15) is 0 Å². The summed E-state index contributed by atoms with van der Waals surface area (Å²) in [5.74, 6) is -0.768. The fourth-order valence-corrected chi connectivity index (χ4v) is 1.23. The van der Waals surface area contributed by atoms with Crippen molar-refractivity contribution in [3.63, 3.8) is 0 Å². The molecular weight excluding hydrogens is 252 g/mol. The Morgan fingerprint density at radius 3 is 1.85 bits per heavy atom. The molecule has 0 fully saturated rings. The van der Waals surface area contributed by atoms with Crippen molar-refractivity contribution in [1.82, 2.24) is 0 Å². The van der Waals surface area contributed by atoms with Crippen molar-refractivity contribution in [3.8, 4) is 0 Å². The van der Waals surface area contributed by atoms with E-state index in [9.17, 15) is 15.0 Å². The molecule has 0 unspecified atom stereocenters. The molecule has 0 saturated heterocycles. The minimum Gasteiger partial charge on any atom is -0.508 e. The molecule has 0 spiro atoms. The predicted molar refractivity (Wildman–Crippen MR) is 83.4 cm³/mol. The molecule has 3 nitrogen and oxygen atoms in total. The number of hydrogen-bond donors (Lipinski definition) is 2. The van der Waals surface area contributed by atoms with Crippen LogP contribution >= 0.6 is 0 Å². The van der Waals surface area contributed by atoms with E-state index in [0.717, 1.165) is 0 Å². The second kappa shape index (κ2) is 9.16. The van der Waals surface area contributed by atoms with Gasteiger partial charge < -0.3 is 10.2 Å². The molecule has 0 aliphatic heterocycles. The first-order valence-corrected chi connectivity index (χ1v) is 5.77. The van der Waals surface area contributed by atoms with Crippen LogP contribution in [0.1, 0.15) is 0 Å². The van der Waals surface area contributed by atoms with Crippen LogP contribution < -0.4 is 0 Å². The highest BCUT2D eigenvalue weighted by Gasteiger charge is 2.15. The van der Waals surface area contributed by atoms with Crippen molar-refractivity contribution in [1.29, 1.82) is 0 Å². The molecule has 2 N–H and O–H groups in total. The van der Waals surface area contributed by atoms with Crippen LogP contribution in [0.3, 0.4) is 0 Å². The lowest BCUT2D eigenvalue weighted by atomic mass is 10.0. The second-order valence-corrected chi connectivity index (χ2v) is 3.55. The van der Waals surface area contributed by atoms with Crippen LogP contribution in [0.5, 0.6) is 0 Å². The number of allylic oxidation sites excluding steroid dienone is 10.